The molecule has 7 heteroatoms. The lowest BCUT2D eigenvalue weighted by Gasteiger charge is -2.16. The van der Waals surface area contributed by atoms with Crippen molar-refractivity contribution in [1.29, 1.82) is 0 Å². The van der Waals surface area contributed by atoms with Gasteiger partial charge in [0.15, 0.2) is 11.5 Å². The quantitative estimate of drug-likeness (QED) is 0.107. The molecule has 3 rings (SSSR count). The van der Waals surface area contributed by atoms with E-state index in [1.165, 1.54) is 84.0 Å². The van der Waals surface area contributed by atoms with Gasteiger partial charge in [0.05, 0.1) is 23.7 Å². The molecular formula is C35H51BrN2O3S. The highest BCUT2D eigenvalue weighted by molar-refractivity contribution is 8.93. The minimum atomic E-state index is -0.213. The smallest absolute Gasteiger partial charge is 0.255 e. The van der Waals surface area contributed by atoms with Gasteiger partial charge in [0, 0.05) is 18.3 Å². The standard InChI is InChI=1S/C35H50N2O3S.BrH/c1-3-4-5-6-7-8-9-10-11-12-13-14-15-16-25-40-34-32(29(2)38)18-17-19-33(34)36-35(39)31-22-20-30(21-23-31)27-37-24-26-41-28-37;/h17-24,26H,3-16,25,27-28H2,1-2H3,(H,36,39);1H. The summed E-state index contributed by atoms with van der Waals surface area (Å²) in [5.74, 6) is 1.14. The Morgan fingerprint density at radius 1 is 0.833 bits per heavy atom. The van der Waals surface area contributed by atoms with Crippen molar-refractivity contribution in [3.63, 3.8) is 0 Å². The van der Waals surface area contributed by atoms with Crippen LogP contribution in [0, 0.1) is 0 Å². The average Bonchev–Trinajstić information content (AvgIpc) is 3.49. The Hall–Kier alpha value is -2.25. The van der Waals surface area contributed by atoms with E-state index in [4.69, 9.17) is 4.74 Å². The number of unbranched alkanes of at least 4 members (excludes halogenated alkanes) is 13. The summed E-state index contributed by atoms with van der Waals surface area (Å²) in [5.41, 5.74) is 2.77. The Bertz CT molecular complexity index is 1090. The van der Waals surface area contributed by atoms with Gasteiger partial charge in [0.2, 0.25) is 0 Å². The number of halogens is 1. The summed E-state index contributed by atoms with van der Waals surface area (Å²) in [6.07, 6.45) is 20.4. The fraction of sp³-hybridized carbons (Fsp3) is 0.543. The highest BCUT2D eigenvalue weighted by Gasteiger charge is 2.16. The summed E-state index contributed by atoms with van der Waals surface area (Å²) < 4.78 is 6.12. The molecule has 2 aromatic rings. The van der Waals surface area contributed by atoms with E-state index in [2.05, 4.69) is 28.7 Å². The number of amides is 1. The first-order chi connectivity index (χ1) is 20.1. The lowest BCUT2D eigenvalue weighted by Crippen LogP contribution is -2.15. The number of rotatable bonds is 21. The second kappa shape index (κ2) is 21.4. The molecule has 0 bridgehead atoms. The zero-order valence-corrected chi connectivity index (χ0v) is 28.2. The van der Waals surface area contributed by atoms with Crippen LogP contribution in [0.5, 0.6) is 5.75 Å². The van der Waals surface area contributed by atoms with Crippen molar-refractivity contribution in [1.82, 2.24) is 4.90 Å². The number of nitrogens with zero attached hydrogens (tertiary/aromatic N) is 1. The highest BCUT2D eigenvalue weighted by Crippen LogP contribution is 2.30. The van der Waals surface area contributed by atoms with Crippen molar-refractivity contribution in [3.8, 4) is 5.75 Å². The zero-order valence-electron chi connectivity index (χ0n) is 25.7. The Labute approximate surface area is 269 Å². The molecule has 42 heavy (non-hydrogen) atoms. The lowest BCUT2D eigenvalue weighted by atomic mass is 10.0. The van der Waals surface area contributed by atoms with Crippen LogP contribution in [-0.4, -0.2) is 29.1 Å². The summed E-state index contributed by atoms with van der Waals surface area (Å²) in [7, 11) is 0. The Morgan fingerprint density at radius 2 is 1.43 bits per heavy atom. The molecule has 1 heterocycles. The van der Waals surface area contributed by atoms with Gasteiger partial charge in [0.25, 0.3) is 5.91 Å². The number of Topliss-reactive ketones (excluding diaryl/α,β-unsaturated/α-hetero) is 1. The SMILES string of the molecule is Br.CCCCCCCCCCCCCCCCOc1c(NC(=O)c2ccc(CN3C=CSC3)cc2)cccc1C(C)=O. The van der Waals surface area contributed by atoms with Gasteiger partial charge >= 0.3 is 0 Å². The van der Waals surface area contributed by atoms with Crippen molar-refractivity contribution in [2.24, 2.45) is 0 Å². The van der Waals surface area contributed by atoms with Crippen LogP contribution in [0.2, 0.25) is 0 Å². The molecule has 2 aromatic carbocycles. The van der Waals surface area contributed by atoms with Crippen LogP contribution in [0.25, 0.3) is 0 Å². The molecule has 0 spiro atoms. The monoisotopic (exact) mass is 658 g/mol. The van der Waals surface area contributed by atoms with Crippen LogP contribution in [0.4, 0.5) is 5.69 Å². The lowest BCUT2D eigenvalue weighted by molar-refractivity contribution is 0.100. The maximum Gasteiger partial charge on any atom is 0.255 e. The van der Waals surface area contributed by atoms with Crippen molar-refractivity contribution >= 4 is 46.1 Å². The van der Waals surface area contributed by atoms with E-state index in [0.717, 1.165) is 30.8 Å². The molecule has 1 aliphatic heterocycles. The van der Waals surface area contributed by atoms with Gasteiger partial charge in [-0.15, -0.1) is 28.7 Å². The molecule has 0 fully saturated rings. The minimum absolute atomic E-state index is 0. The molecule has 0 unspecified atom stereocenters. The first kappa shape index (κ1) is 35.9. The molecular weight excluding hydrogens is 608 g/mol. The van der Waals surface area contributed by atoms with Crippen LogP contribution in [0.1, 0.15) is 130 Å². The summed E-state index contributed by atoms with van der Waals surface area (Å²) in [6, 6.07) is 13.0. The normalized spacial score (nSPS) is 12.3. The van der Waals surface area contributed by atoms with E-state index in [9.17, 15) is 9.59 Å². The summed E-state index contributed by atoms with van der Waals surface area (Å²) in [5, 5.41) is 5.07. The van der Waals surface area contributed by atoms with Gasteiger partial charge in [0.1, 0.15) is 0 Å². The van der Waals surface area contributed by atoms with Crippen LogP contribution in [0.3, 0.4) is 0 Å². The van der Waals surface area contributed by atoms with Crippen molar-refractivity contribution in [2.45, 2.75) is 110 Å². The molecule has 5 nitrogen and oxygen atoms in total. The van der Waals surface area contributed by atoms with Gasteiger partial charge < -0.3 is 15.0 Å². The number of carbonyl (C=O) groups is 2. The third-order valence-corrected chi connectivity index (χ3v) is 8.39. The van der Waals surface area contributed by atoms with E-state index in [1.807, 2.05) is 24.3 Å². The Morgan fingerprint density at radius 3 is 1.98 bits per heavy atom. The van der Waals surface area contributed by atoms with Gasteiger partial charge in [-0.2, -0.15) is 0 Å². The van der Waals surface area contributed by atoms with Crippen molar-refractivity contribution in [2.75, 3.05) is 17.8 Å². The number of hydrogen-bond donors (Lipinski definition) is 1. The molecule has 1 N–H and O–H groups in total. The molecule has 0 aromatic heterocycles. The number of ether oxygens (including phenoxy) is 1. The minimum Gasteiger partial charge on any atom is -0.491 e. The second-order valence-electron chi connectivity index (χ2n) is 11.2. The topological polar surface area (TPSA) is 58.6 Å². The third kappa shape index (κ3) is 13.4. The number of benzene rings is 2. The van der Waals surface area contributed by atoms with Crippen molar-refractivity contribution in [3.05, 3.63) is 70.8 Å². The number of nitrogens with one attached hydrogen (secondary N) is 1. The van der Waals surface area contributed by atoms with E-state index >= 15 is 0 Å². The molecule has 232 valence electrons. The van der Waals surface area contributed by atoms with Gasteiger partial charge in [-0.05, 0) is 48.6 Å². The number of carbonyl (C=O) groups excluding carboxylic acids is 2. The summed E-state index contributed by atoms with van der Waals surface area (Å²) in [6.45, 7) is 5.16. The molecule has 0 saturated carbocycles. The second-order valence-corrected chi connectivity index (χ2v) is 12.0. The first-order valence-electron chi connectivity index (χ1n) is 15.8. The molecule has 0 radical (unpaired) electrons. The number of thioether (sulfide) groups is 1. The van der Waals surface area contributed by atoms with E-state index < -0.39 is 0 Å². The van der Waals surface area contributed by atoms with Crippen LogP contribution in [0.15, 0.2) is 54.1 Å². The molecule has 1 aliphatic rings. The number of anilines is 1. The fourth-order valence-electron chi connectivity index (χ4n) is 5.14. The fourth-order valence-corrected chi connectivity index (χ4v) is 5.85. The number of para-hydroxylation sites is 1. The van der Waals surface area contributed by atoms with Gasteiger partial charge in [-0.1, -0.05) is 109 Å². The van der Waals surface area contributed by atoms with E-state index in [1.54, 1.807) is 30.0 Å². The highest BCUT2D eigenvalue weighted by atomic mass is 79.9. The zero-order chi connectivity index (χ0) is 29.1. The summed E-state index contributed by atoms with van der Waals surface area (Å²) in [4.78, 5) is 27.6. The first-order valence-corrected chi connectivity index (χ1v) is 16.8. The van der Waals surface area contributed by atoms with E-state index in [0.29, 0.717) is 29.2 Å². The van der Waals surface area contributed by atoms with Crippen LogP contribution in [-0.2, 0) is 6.54 Å². The Balaban J connectivity index is 0.00000616. The third-order valence-electron chi connectivity index (χ3n) is 7.60. The maximum atomic E-state index is 13.0. The number of hydrogen-bond acceptors (Lipinski definition) is 5. The molecule has 0 saturated heterocycles. The average molecular weight is 660 g/mol. The molecule has 0 aliphatic carbocycles. The molecule has 0 atom stereocenters. The van der Waals surface area contributed by atoms with Gasteiger partial charge in [-0.3, -0.25) is 9.59 Å². The summed E-state index contributed by atoms with van der Waals surface area (Å²) >= 11 is 1.78. The maximum absolute atomic E-state index is 13.0. The van der Waals surface area contributed by atoms with Crippen LogP contribution >= 0.6 is 28.7 Å². The van der Waals surface area contributed by atoms with Gasteiger partial charge in [-0.25, -0.2) is 0 Å². The van der Waals surface area contributed by atoms with Crippen LogP contribution < -0.4 is 10.1 Å². The predicted octanol–water partition coefficient (Wildman–Crippen LogP) is 10.6. The molecule has 1 amide bonds. The predicted molar refractivity (Wildman–Crippen MR) is 184 cm³/mol. The van der Waals surface area contributed by atoms with E-state index in [-0.39, 0.29) is 28.7 Å². The van der Waals surface area contributed by atoms with Crippen molar-refractivity contribution < 1.29 is 14.3 Å². The Kier molecular flexibility index (Phi) is 18.3. The number of ketones is 1. The largest absolute Gasteiger partial charge is 0.491 e.